The van der Waals surface area contributed by atoms with Gasteiger partial charge in [0.15, 0.2) is 0 Å². The first-order chi connectivity index (χ1) is 13.9. The van der Waals surface area contributed by atoms with Crippen LogP contribution in [0, 0.1) is 0 Å². The van der Waals surface area contributed by atoms with Gasteiger partial charge in [-0.1, -0.05) is 0 Å². The summed E-state index contributed by atoms with van der Waals surface area (Å²) in [5, 5.41) is 5.04. The Balaban J connectivity index is 1.95. The molecule has 10 heteroatoms. The summed E-state index contributed by atoms with van der Waals surface area (Å²) in [6.07, 6.45) is 0. The third kappa shape index (κ3) is 6.77. The van der Waals surface area contributed by atoms with Crippen molar-refractivity contribution in [2.24, 2.45) is 0 Å². The zero-order valence-corrected chi connectivity index (χ0v) is 16.9. The monoisotopic (exact) mass is 421 g/mol. The van der Waals surface area contributed by atoms with Crippen molar-refractivity contribution in [3.8, 4) is 5.75 Å². The third-order valence-corrected chi connectivity index (χ3v) is 5.20. The number of rotatable bonds is 10. The number of methoxy groups -OCH3 is 2. The van der Waals surface area contributed by atoms with Crippen LogP contribution in [0.15, 0.2) is 53.4 Å². The molecule has 2 rings (SSSR count). The van der Waals surface area contributed by atoms with Gasteiger partial charge < -0.3 is 20.1 Å². The Morgan fingerprint density at radius 3 is 2.17 bits per heavy atom. The molecule has 0 aromatic heterocycles. The fourth-order valence-corrected chi connectivity index (χ4v) is 3.33. The van der Waals surface area contributed by atoms with Crippen LogP contribution >= 0.6 is 0 Å². The number of nitrogens with one attached hydrogen (secondary N) is 3. The zero-order chi connectivity index (χ0) is 21.3. The smallest absolute Gasteiger partial charge is 0.261 e. The van der Waals surface area contributed by atoms with Gasteiger partial charge in [0.1, 0.15) is 5.75 Å². The molecule has 0 aliphatic heterocycles. The Bertz CT molecular complexity index is 927. The van der Waals surface area contributed by atoms with Gasteiger partial charge in [-0.05, 0) is 48.5 Å². The maximum Gasteiger partial charge on any atom is 0.261 e. The highest BCUT2D eigenvalue weighted by atomic mass is 32.2. The van der Waals surface area contributed by atoms with Gasteiger partial charge in [0.05, 0.1) is 25.2 Å². The Morgan fingerprint density at radius 2 is 1.59 bits per heavy atom. The fraction of sp³-hybridized carbons (Fsp3) is 0.263. The SMILES string of the molecule is COCCNC(=O)CNC(=O)c1ccc(S(=O)(=O)Nc2ccc(OC)cc2)cc1. The van der Waals surface area contributed by atoms with E-state index >= 15 is 0 Å². The molecule has 0 aliphatic carbocycles. The van der Waals surface area contributed by atoms with E-state index in [2.05, 4.69) is 15.4 Å². The van der Waals surface area contributed by atoms with Crippen LogP contribution in [0.3, 0.4) is 0 Å². The molecule has 0 spiro atoms. The number of ether oxygens (including phenoxy) is 2. The minimum absolute atomic E-state index is 0.00202. The van der Waals surface area contributed by atoms with Crippen molar-refractivity contribution in [1.82, 2.24) is 10.6 Å². The average Bonchev–Trinajstić information content (AvgIpc) is 2.72. The van der Waals surface area contributed by atoms with Gasteiger partial charge in [-0.15, -0.1) is 0 Å². The number of sulfonamides is 1. The lowest BCUT2D eigenvalue weighted by atomic mass is 10.2. The molecular weight excluding hydrogens is 398 g/mol. The quantitative estimate of drug-likeness (QED) is 0.492. The van der Waals surface area contributed by atoms with Crippen LogP contribution in [0.2, 0.25) is 0 Å². The molecular formula is C19H23N3O6S. The van der Waals surface area contributed by atoms with Gasteiger partial charge in [0.2, 0.25) is 5.91 Å². The molecule has 0 heterocycles. The predicted molar refractivity (Wildman–Crippen MR) is 107 cm³/mol. The van der Waals surface area contributed by atoms with Crippen molar-refractivity contribution < 1.29 is 27.5 Å². The zero-order valence-electron chi connectivity index (χ0n) is 16.1. The molecule has 0 saturated carbocycles. The molecule has 0 unspecified atom stereocenters. The maximum absolute atomic E-state index is 12.5. The lowest BCUT2D eigenvalue weighted by molar-refractivity contribution is -0.120. The molecule has 0 radical (unpaired) electrons. The van der Waals surface area contributed by atoms with E-state index in [9.17, 15) is 18.0 Å². The number of hydrogen-bond acceptors (Lipinski definition) is 6. The number of anilines is 1. The summed E-state index contributed by atoms with van der Waals surface area (Å²) >= 11 is 0. The highest BCUT2D eigenvalue weighted by Gasteiger charge is 2.15. The van der Waals surface area contributed by atoms with Crippen LogP contribution < -0.4 is 20.1 Å². The van der Waals surface area contributed by atoms with E-state index in [4.69, 9.17) is 9.47 Å². The van der Waals surface area contributed by atoms with Crippen LogP contribution in [0.5, 0.6) is 5.75 Å². The number of benzene rings is 2. The molecule has 2 aromatic rings. The Morgan fingerprint density at radius 1 is 0.931 bits per heavy atom. The van der Waals surface area contributed by atoms with Gasteiger partial charge in [-0.25, -0.2) is 8.42 Å². The van der Waals surface area contributed by atoms with Crippen LogP contribution in [-0.4, -0.2) is 54.1 Å². The van der Waals surface area contributed by atoms with E-state index in [-0.39, 0.29) is 22.9 Å². The molecule has 9 nitrogen and oxygen atoms in total. The fourth-order valence-electron chi connectivity index (χ4n) is 2.28. The maximum atomic E-state index is 12.5. The molecule has 0 atom stereocenters. The van der Waals surface area contributed by atoms with E-state index in [1.807, 2.05) is 0 Å². The van der Waals surface area contributed by atoms with Crippen molar-refractivity contribution in [2.45, 2.75) is 4.90 Å². The van der Waals surface area contributed by atoms with Crippen molar-refractivity contribution in [2.75, 3.05) is 38.6 Å². The number of carbonyl (C=O) groups is 2. The minimum Gasteiger partial charge on any atom is -0.497 e. The van der Waals surface area contributed by atoms with E-state index in [0.29, 0.717) is 24.6 Å². The van der Waals surface area contributed by atoms with Crippen LogP contribution in [-0.2, 0) is 19.6 Å². The summed E-state index contributed by atoms with van der Waals surface area (Å²) in [5.41, 5.74) is 0.616. The Labute approximate surface area is 169 Å². The lowest BCUT2D eigenvalue weighted by Gasteiger charge is -2.10. The van der Waals surface area contributed by atoms with E-state index < -0.39 is 15.9 Å². The van der Waals surface area contributed by atoms with Gasteiger partial charge in [0.25, 0.3) is 15.9 Å². The molecule has 2 aromatic carbocycles. The van der Waals surface area contributed by atoms with Crippen molar-refractivity contribution in [3.05, 3.63) is 54.1 Å². The normalized spacial score (nSPS) is 10.8. The largest absolute Gasteiger partial charge is 0.497 e. The molecule has 156 valence electrons. The molecule has 0 aliphatic rings. The van der Waals surface area contributed by atoms with E-state index in [1.165, 1.54) is 38.5 Å². The first kappa shape index (κ1) is 22.2. The summed E-state index contributed by atoms with van der Waals surface area (Å²) in [6, 6.07) is 11.8. The van der Waals surface area contributed by atoms with Crippen molar-refractivity contribution in [3.63, 3.8) is 0 Å². The van der Waals surface area contributed by atoms with Crippen molar-refractivity contribution >= 4 is 27.5 Å². The van der Waals surface area contributed by atoms with Crippen molar-refractivity contribution in [1.29, 1.82) is 0 Å². The number of carbonyl (C=O) groups excluding carboxylic acids is 2. The average molecular weight is 421 g/mol. The summed E-state index contributed by atoms with van der Waals surface area (Å²) in [7, 11) is -0.776. The van der Waals surface area contributed by atoms with Crippen LogP contribution in [0.4, 0.5) is 5.69 Å². The standard InChI is InChI=1S/C19H23N3O6S/c1-27-12-11-20-18(23)13-21-19(24)14-3-9-17(10-4-14)29(25,26)22-15-5-7-16(28-2)8-6-15/h3-10,22H,11-13H2,1-2H3,(H,20,23)(H,21,24). The molecule has 29 heavy (non-hydrogen) atoms. The predicted octanol–water partition coefficient (Wildman–Crippen LogP) is 0.988. The van der Waals surface area contributed by atoms with E-state index in [0.717, 1.165) is 0 Å². The van der Waals surface area contributed by atoms with Gasteiger partial charge in [0, 0.05) is 24.9 Å². The second-order valence-corrected chi connectivity index (χ2v) is 7.57. The topological polar surface area (TPSA) is 123 Å². The summed E-state index contributed by atoms with van der Waals surface area (Å²) < 4.78 is 37.2. The minimum atomic E-state index is -3.81. The van der Waals surface area contributed by atoms with Gasteiger partial charge >= 0.3 is 0 Å². The van der Waals surface area contributed by atoms with Gasteiger partial charge in [-0.3, -0.25) is 14.3 Å². The summed E-state index contributed by atoms with van der Waals surface area (Å²) in [6.45, 7) is 0.529. The second kappa shape index (κ2) is 10.4. The summed E-state index contributed by atoms with van der Waals surface area (Å²) in [5.74, 6) is -0.229. The highest BCUT2D eigenvalue weighted by Crippen LogP contribution is 2.19. The third-order valence-electron chi connectivity index (χ3n) is 3.81. The second-order valence-electron chi connectivity index (χ2n) is 5.88. The summed E-state index contributed by atoms with van der Waals surface area (Å²) in [4.78, 5) is 23.7. The first-order valence-electron chi connectivity index (χ1n) is 8.66. The van der Waals surface area contributed by atoms with Gasteiger partial charge in [-0.2, -0.15) is 0 Å². The molecule has 2 amide bonds. The Hall–Kier alpha value is -3.11. The van der Waals surface area contributed by atoms with E-state index in [1.54, 1.807) is 24.3 Å². The lowest BCUT2D eigenvalue weighted by Crippen LogP contribution is -2.38. The molecule has 0 fully saturated rings. The van der Waals surface area contributed by atoms with Crippen LogP contribution in [0.1, 0.15) is 10.4 Å². The first-order valence-corrected chi connectivity index (χ1v) is 10.1. The molecule has 0 saturated heterocycles. The van der Waals surface area contributed by atoms with Crippen LogP contribution in [0.25, 0.3) is 0 Å². The molecule has 3 N–H and O–H groups in total. The molecule has 0 bridgehead atoms. The number of hydrogen-bond donors (Lipinski definition) is 3. The Kier molecular flexibility index (Phi) is 7.98. The highest BCUT2D eigenvalue weighted by molar-refractivity contribution is 7.92. The number of amides is 2.